The number of nitrogens with one attached hydrogen (secondary N) is 2. The summed E-state index contributed by atoms with van der Waals surface area (Å²) in [6, 6.07) is 7.70. The Balaban J connectivity index is 0.00000264. The van der Waals surface area contributed by atoms with Gasteiger partial charge < -0.3 is 19.8 Å². The number of nitrogens with zero attached hydrogens (tertiary/aromatic N) is 2. The van der Waals surface area contributed by atoms with Crippen LogP contribution in [0.15, 0.2) is 46.1 Å². The van der Waals surface area contributed by atoms with E-state index in [2.05, 4.69) is 20.6 Å². The number of rotatable bonds is 7. The number of aliphatic imine (C=N–C) groups is 1. The molecule has 2 heterocycles. The molecule has 0 atom stereocenters. The molecule has 0 bridgehead atoms. The van der Waals surface area contributed by atoms with Crippen LogP contribution in [0.1, 0.15) is 18.2 Å². The van der Waals surface area contributed by atoms with Gasteiger partial charge in [-0.3, -0.25) is 0 Å². The summed E-state index contributed by atoms with van der Waals surface area (Å²) in [6.07, 6.45) is 4.20. The quantitative estimate of drug-likeness (QED) is 0.402. The minimum absolute atomic E-state index is 0. The van der Waals surface area contributed by atoms with Gasteiger partial charge in [0.1, 0.15) is 5.76 Å². The maximum absolute atomic E-state index is 5.31. The van der Waals surface area contributed by atoms with Crippen LogP contribution in [-0.4, -0.2) is 31.1 Å². The molecule has 0 aliphatic rings. The topological polar surface area (TPSA) is 71.7 Å². The Bertz CT molecular complexity index is 588. The molecular formula is C16H23IN4O2. The highest BCUT2D eigenvalue weighted by molar-refractivity contribution is 14.0. The van der Waals surface area contributed by atoms with Gasteiger partial charge in [0.05, 0.1) is 19.9 Å². The lowest BCUT2D eigenvalue weighted by Crippen LogP contribution is -2.38. The first-order valence-corrected chi connectivity index (χ1v) is 7.36. The largest absolute Gasteiger partial charge is 0.481 e. The molecule has 2 rings (SSSR count). The molecule has 0 saturated heterocycles. The van der Waals surface area contributed by atoms with Gasteiger partial charge in [0.15, 0.2) is 5.96 Å². The number of halogens is 1. The average molecular weight is 430 g/mol. The van der Waals surface area contributed by atoms with E-state index in [4.69, 9.17) is 9.15 Å². The van der Waals surface area contributed by atoms with E-state index < -0.39 is 0 Å². The van der Waals surface area contributed by atoms with E-state index in [9.17, 15) is 0 Å². The Hall–Kier alpha value is -1.77. The lowest BCUT2D eigenvalue weighted by molar-refractivity contribution is 0.392. The number of ether oxygens (including phenoxy) is 1. The van der Waals surface area contributed by atoms with Gasteiger partial charge in [0.25, 0.3) is 0 Å². The van der Waals surface area contributed by atoms with Gasteiger partial charge >= 0.3 is 0 Å². The summed E-state index contributed by atoms with van der Waals surface area (Å²) in [4.78, 5) is 8.73. The van der Waals surface area contributed by atoms with Crippen molar-refractivity contribution in [1.82, 2.24) is 15.6 Å². The minimum atomic E-state index is 0. The van der Waals surface area contributed by atoms with Gasteiger partial charge in [-0.1, -0.05) is 6.07 Å². The standard InChI is InChI=1S/C16H22N4O2.HI/c1-3-17-16(19-10-8-14-7-5-11-22-14)20-12-13-6-4-9-18-15(13)21-2;/h4-7,9,11H,3,8,10,12H2,1-2H3,(H2,17,19,20);1H. The molecule has 126 valence electrons. The Morgan fingerprint density at radius 2 is 2.17 bits per heavy atom. The lowest BCUT2D eigenvalue weighted by atomic mass is 10.3. The van der Waals surface area contributed by atoms with Crippen molar-refractivity contribution in [3.05, 3.63) is 48.0 Å². The van der Waals surface area contributed by atoms with Gasteiger partial charge in [-0.25, -0.2) is 9.98 Å². The van der Waals surface area contributed by atoms with E-state index in [1.54, 1.807) is 19.6 Å². The molecule has 0 amide bonds. The third-order valence-electron chi connectivity index (χ3n) is 3.04. The first-order valence-electron chi connectivity index (χ1n) is 7.36. The Morgan fingerprint density at radius 3 is 2.87 bits per heavy atom. The van der Waals surface area contributed by atoms with Crippen molar-refractivity contribution >= 4 is 29.9 Å². The zero-order valence-electron chi connectivity index (χ0n) is 13.4. The van der Waals surface area contributed by atoms with Gasteiger partial charge in [-0.15, -0.1) is 24.0 Å². The molecule has 0 aliphatic carbocycles. The van der Waals surface area contributed by atoms with Crippen molar-refractivity contribution in [2.45, 2.75) is 19.9 Å². The highest BCUT2D eigenvalue weighted by Crippen LogP contribution is 2.14. The zero-order chi connectivity index (χ0) is 15.6. The monoisotopic (exact) mass is 430 g/mol. The van der Waals surface area contributed by atoms with Crippen LogP contribution in [0.5, 0.6) is 5.88 Å². The number of hydrogen-bond acceptors (Lipinski definition) is 4. The number of aromatic nitrogens is 1. The van der Waals surface area contributed by atoms with E-state index in [1.807, 2.05) is 31.2 Å². The molecule has 2 aromatic rings. The molecule has 0 aliphatic heterocycles. The Labute approximate surface area is 153 Å². The van der Waals surface area contributed by atoms with Gasteiger partial charge in [-0.05, 0) is 25.1 Å². The molecule has 0 fully saturated rings. The fraction of sp³-hybridized carbons (Fsp3) is 0.375. The van der Waals surface area contributed by atoms with E-state index in [1.165, 1.54) is 0 Å². The Morgan fingerprint density at radius 1 is 1.30 bits per heavy atom. The third kappa shape index (κ3) is 6.47. The van der Waals surface area contributed by atoms with Crippen molar-refractivity contribution in [1.29, 1.82) is 0 Å². The summed E-state index contributed by atoms with van der Waals surface area (Å²) >= 11 is 0. The summed E-state index contributed by atoms with van der Waals surface area (Å²) in [7, 11) is 1.61. The number of methoxy groups -OCH3 is 1. The zero-order valence-corrected chi connectivity index (χ0v) is 15.7. The normalized spacial score (nSPS) is 10.8. The fourth-order valence-electron chi connectivity index (χ4n) is 1.99. The molecule has 6 nitrogen and oxygen atoms in total. The molecule has 23 heavy (non-hydrogen) atoms. The molecule has 0 aromatic carbocycles. The van der Waals surface area contributed by atoms with Crippen LogP contribution in [0.3, 0.4) is 0 Å². The second kappa shape index (κ2) is 10.9. The molecule has 0 saturated carbocycles. The average Bonchev–Trinajstić information content (AvgIpc) is 3.06. The van der Waals surface area contributed by atoms with Crippen LogP contribution in [0.2, 0.25) is 0 Å². The summed E-state index contributed by atoms with van der Waals surface area (Å²) < 4.78 is 10.5. The van der Waals surface area contributed by atoms with Gasteiger partial charge in [0, 0.05) is 31.3 Å². The number of hydrogen-bond donors (Lipinski definition) is 2. The van der Waals surface area contributed by atoms with E-state index in [-0.39, 0.29) is 24.0 Å². The third-order valence-corrected chi connectivity index (χ3v) is 3.04. The second-order valence-electron chi connectivity index (χ2n) is 4.62. The van der Waals surface area contributed by atoms with Crippen LogP contribution < -0.4 is 15.4 Å². The maximum atomic E-state index is 5.31. The van der Waals surface area contributed by atoms with Crippen LogP contribution in [0.4, 0.5) is 0 Å². The predicted octanol–water partition coefficient (Wildman–Crippen LogP) is 2.60. The van der Waals surface area contributed by atoms with E-state index in [0.29, 0.717) is 12.4 Å². The number of pyridine rings is 1. The van der Waals surface area contributed by atoms with Crippen molar-refractivity contribution in [3.8, 4) is 5.88 Å². The summed E-state index contributed by atoms with van der Waals surface area (Å²) in [5.41, 5.74) is 0.952. The second-order valence-corrected chi connectivity index (χ2v) is 4.62. The van der Waals surface area contributed by atoms with Crippen LogP contribution in [0.25, 0.3) is 0 Å². The SMILES string of the molecule is CCNC(=NCc1cccnc1OC)NCCc1ccco1.I. The highest BCUT2D eigenvalue weighted by atomic mass is 127. The first-order chi connectivity index (χ1) is 10.8. The lowest BCUT2D eigenvalue weighted by Gasteiger charge is -2.11. The van der Waals surface area contributed by atoms with Crippen molar-refractivity contribution in [2.75, 3.05) is 20.2 Å². The molecule has 7 heteroatoms. The van der Waals surface area contributed by atoms with Crippen LogP contribution >= 0.6 is 24.0 Å². The van der Waals surface area contributed by atoms with Gasteiger partial charge in [0.2, 0.25) is 5.88 Å². The molecule has 0 spiro atoms. The predicted molar refractivity (Wildman–Crippen MR) is 101 cm³/mol. The van der Waals surface area contributed by atoms with Crippen LogP contribution in [0, 0.1) is 0 Å². The van der Waals surface area contributed by atoms with E-state index in [0.717, 1.165) is 36.8 Å². The minimum Gasteiger partial charge on any atom is -0.481 e. The Kier molecular flexibility index (Phi) is 9.11. The molecular weight excluding hydrogens is 407 g/mol. The van der Waals surface area contributed by atoms with Crippen molar-refractivity contribution in [3.63, 3.8) is 0 Å². The number of guanidine groups is 1. The summed E-state index contributed by atoms with van der Waals surface area (Å²) in [6.45, 7) is 4.10. The highest BCUT2D eigenvalue weighted by Gasteiger charge is 2.04. The van der Waals surface area contributed by atoms with E-state index >= 15 is 0 Å². The van der Waals surface area contributed by atoms with Crippen molar-refractivity contribution in [2.24, 2.45) is 4.99 Å². The first kappa shape index (κ1) is 19.3. The van der Waals surface area contributed by atoms with Crippen molar-refractivity contribution < 1.29 is 9.15 Å². The molecule has 0 unspecified atom stereocenters. The molecule has 2 aromatic heterocycles. The maximum Gasteiger partial charge on any atom is 0.218 e. The summed E-state index contributed by atoms with van der Waals surface area (Å²) in [5.74, 6) is 2.33. The smallest absolute Gasteiger partial charge is 0.218 e. The number of furan rings is 1. The molecule has 2 N–H and O–H groups in total. The molecule has 0 radical (unpaired) electrons. The van der Waals surface area contributed by atoms with Gasteiger partial charge in [-0.2, -0.15) is 0 Å². The summed E-state index contributed by atoms with van der Waals surface area (Å²) in [5, 5.41) is 6.50. The van der Waals surface area contributed by atoms with Crippen LogP contribution in [-0.2, 0) is 13.0 Å². The fourth-order valence-corrected chi connectivity index (χ4v) is 1.99.